The van der Waals surface area contributed by atoms with Gasteiger partial charge in [0.1, 0.15) is 0 Å². The molecule has 0 unspecified atom stereocenters. The summed E-state index contributed by atoms with van der Waals surface area (Å²) in [4.78, 5) is 13.8. The summed E-state index contributed by atoms with van der Waals surface area (Å²) in [5.74, 6) is 0.620. The largest absolute Gasteiger partial charge is 0.381 e. The maximum absolute atomic E-state index is 11.2. The molecule has 2 fully saturated rings. The Morgan fingerprint density at radius 2 is 1.76 bits per heavy atom. The Balaban J connectivity index is 0.00000156. The van der Waals surface area contributed by atoms with Gasteiger partial charge in [-0.2, -0.15) is 0 Å². The van der Waals surface area contributed by atoms with E-state index >= 15 is 0 Å². The fraction of sp³-hybridized carbons (Fsp3) is 0.611. The minimum atomic E-state index is -0.0270. The topological polar surface area (TPSA) is 53.6 Å². The van der Waals surface area contributed by atoms with E-state index in [0.717, 1.165) is 57.9 Å². The molecule has 7 heteroatoms. The third kappa shape index (κ3) is 6.12. The maximum Gasteiger partial charge on any atom is 0.221 e. The highest BCUT2D eigenvalue weighted by Crippen LogP contribution is 2.35. The number of piperazine rings is 1. The molecule has 1 atom stereocenters. The van der Waals surface area contributed by atoms with Crippen LogP contribution in [0.1, 0.15) is 31.4 Å². The lowest BCUT2D eigenvalue weighted by Crippen LogP contribution is -2.47. The third-order valence-electron chi connectivity index (χ3n) is 4.83. The summed E-state index contributed by atoms with van der Waals surface area (Å²) in [7, 11) is 0. The zero-order chi connectivity index (χ0) is 16.1. The number of hydrogen-bond donors (Lipinski definition) is 2. The number of halogens is 2. The first-order valence-corrected chi connectivity index (χ1v) is 8.64. The van der Waals surface area contributed by atoms with Crippen molar-refractivity contribution in [3.8, 4) is 0 Å². The van der Waals surface area contributed by atoms with E-state index < -0.39 is 0 Å². The van der Waals surface area contributed by atoms with Gasteiger partial charge in [-0.25, -0.2) is 0 Å². The van der Waals surface area contributed by atoms with Gasteiger partial charge in [0, 0.05) is 58.0 Å². The molecule has 25 heavy (non-hydrogen) atoms. The number of hydrogen-bond acceptors (Lipinski definition) is 4. The predicted molar refractivity (Wildman–Crippen MR) is 106 cm³/mol. The molecule has 0 aromatic heterocycles. The first-order valence-electron chi connectivity index (χ1n) is 8.64. The average Bonchev–Trinajstić information content (AvgIpc) is 2.58. The first kappa shape index (κ1) is 22.2. The van der Waals surface area contributed by atoms with Crippen LogP contribution in [0.4, 0.5) is 5.69 Å². The molecule has 2 aliphatic heterocycles. The van der Waals surface area contributed by atoms with Gasteiger partial charge in [0.25, 0.3) is 0 Å². The molecule has 1 aromatic rings. The van der Waals surface area contributed by atoms with Crippen molar-refractivity contribution in [3.05, 3.63) is 29.8 Å². The van der Waals surface area contributed by atoms with E-state index in [1.807, 2.05) is 12.1 Å². The molecule has 1 amide bonds. The standard InChI is InChI=1S/C18H27N3O2.2ClH/c1-14(22)20-17-4-2-15(3-5-17)18(16-6-12-23-13-7-16)21-10-8-19-9-11-21;;/h2-5,16,18-19H,6-13H2,1H3,(H,20,22);2*1H/t18-;;/m0../s1. The van der Waals surface area contributed by atoms with Crippen molar-refractivity contribution in [3.63, 3.8) is 0 Å². The molecule has 3 rings (SSSR count). The highest BCUT2D eigenvalue weighted by Gasteiger charge is 2.31. The Labute approximate surface area is 162 Å². The normalized spacial score (nSPS) is 20.0. The Morgan fingerprint density at radius 1 is 1.16 bits per heavy atom. The van der Waals surface area contributed by atoms with Gasteiger partial charge < -0.3 is 15.4 Å². The van der Waals surface area contributed by atoms with Crippen LogP contribution in [0.2, 0.25) is 0 Å². The summed E-state index contributed by atoms with van der Waals surface area (Å²) in [6.45, 7) is 7.59. The van der Waals surface area contributed by atoms with E-state index in [0.29, 0.717) is 12.0 Å². The van der Waals surface area contributed by atoms with Crippen LogP contribution in [0, 0.1) is 5.92 Å². The number of ether oxygens (including phenoxy) is 1. The number of carbonyl (C=O) groups is 1. The summed E-state index contributed by atoms with van der Waals surface area (Å²) >= 11 is 0. The van der Waals surface area contributed by atoms with Crippen LogP contribution in [-0.2, 0) is 9.53 Å². The van der Waals surface area contributed by atoms with Crippen molar-refractivity contribution < 1.29 is 9.53 Å². The fourth-order valence-corrected chi connectivity index (χ4v) is 3.74. The van der Waals surface area contributed by atoms with Crippen molar-refractivity contribution in [1.82, 2.24) is 10.2 Å². The molecule has 142 valence electrons. The molecule has 2 aliphatic rings. The molecule has 0 spiro atoms. The summed E-state index contributed by atoms with van der Waals surface area (Å²) in [6.07, 6.45) is 2.25. The SMILES string of the molecule is CC(=O)Nc1ccc([C@@H](C2CCOCC2)N2CCNCC2)cc1.Cl.Cl. The van der Waals surface area contributed by atoms with E-state index in [-0.39, 0.29) is 30.7 Å². The zero-order valence-corrected chi connectivity index (χ0v) is 16.3. The fourth-order valence-electron chi connectivity index (χ4n) is 3.74. The molecule has 0 radical (unpaired) electrons. The lowest BCUT2D eigenvalue weighted by atomic mass is 9.85. The molecule has 2 saturated heterocycles. The first-order chi connectivity index (χ1) is 11.2. The van der Waals surface area contributed by atoms with Gasteiger partial charge in [0.05, 0.1) is 0 Å². The van der Waals surface area contributed by atoms with E-state index in [9.17, 15) is 4.79 Å². The smallest absolute Gasteiger partial charge is 0.221 e. The van der Waals surface area contributed by atoms with Crippen LogP contribution < -0.4 is 10.6 Å². The molecule has 0 aliphatic carbocycles. The highest BCUT2D eigenvalue weighted by molar-refractivity contribution is 5.88. The molecule has 2 N–H and O–H groups in total. The van der Waals surface area contributed by atoms with Gasteiger partial charge in [0.15, 0.2) is 0 Å². The summed E-state index contributed by atoms with van der Waals surface area (Å²) < 4.78 is 5.56. The monoisotopic (exact) mass is 389 g/mol. The van der Waals surface area contributed by atoms with Gasteiger partial charge in [-0.3, -0.25) is 9.69 Å². The van der Waals surface area contributed by atoms with E-state index in [1.54, 1.807) is 6.92 Å². The van der Waals surface area contributed by atoms with Gasteiger partial charge >= 0.3 is 0 Å². The van der Waals surface area contributed by atoms with Crippen LogP contribution in [-0.4, -0.2) is 50.2 Å². The molecular weight excluding hydrogens is 361 g/mol. The lowest BCUT2D eigenvalue weighted by molar-refractivity contribution is -0.114. The molecule has 0 saturated carbocycles. The molecule has 0 bridgehead atoms. The van der Waals surface area contributed by atoms with E-state index in [2.05, 4.69) is 27.7 Å². The lowest BCUT2D eigenvalue weighted by Gasteiger charge is -2.41. The number of anilines is 1. The quantitative estimate of drug-likeness (QED) is 0.830. The second-order valence-electron chi connectivity index (χ2n) is 6.48. The van der Waals surface area contributed by atoms with Crippen molar-refractivity contribution in [2.45, 2.75) is 25.8 Å². The maximum atomic E-state index is 11.2. The van der Waals surface area contributed by atoms with Gasteiger partial charge in [0.2, 0.25) is 5.91 Å². The van der Waals surface area contributed by atoms with Crippen molar-refractivity contribution in [2.24, 2.45) is 5.92 Å². The highest BCUT2D eigenvalue weighted by atomic mass is 35.5. The minimum absolute atomic E-state index is 0. The number of rotatable bonds is 4. The minimum Gasteiger partial charge on any atom is -0.381 e. The summed E-state index contributed by atoms with van der Waals surface area (Å²) in [5.41, 5.74) is 2.22. The second kappa shape index (κ2) is 11.0. The number of nitrogens with zero attached hydrogens (tertiary/aromatic N) is 1. The Hall–Kier alpha value is -0.850. The number of amides is 1. The summed E-state index contributed by atoms with van der Waals surface area (Å²) in [5, 5.41) is 6.29. The Bertz CT molecular complexity index is 498. The molecule has 1 aromatic carbocycles. The van der Waals surface area contributed by atoms with Crippen molar-refractivity contribution in [1.29, 1.82) is 0 Å². The number of carbonyl (C=O) groups excluding carboxylic acids is 1. The second-order valence-corrected chi connectivity index (χ2v) is 6.48. The molecule has 2 heterocycles. The van der Waals surface area contributed by atoms with Crippen LogP contribution in [0.15, 0.2) is 24.3 Å². The van der Waals surface area contributed by atoms with Crippen LogP contribution in [0.5, 0.6) is 0 Å². The van der Waals surface area contributed by atoms with Crippen molar-refractivity contribution in [2.75, 3.05) is 44.7 Å². The van der Waals surface area contributed by atoms with Gasteiger partial charge in [-0.1, -0.05) is 12.1 Å². The van der Waals surface area contributed by atoms with Gasteiger partial charge in [-0.15, -0.1) is 24.8 Å². The summed E-state index contributed by atoms with van der Waals surface area (Å²) in [6, 6.07) is 8.84. The number of nitrogens with one attached hydrogen (secondary N) is 2. The van der Waals surface area contributed by atoms with Crippen LogP contribution in [0.25, 0.3) is 0 Å². The average molecular weight is 390 g/mol. The van der Waals surface area contributed by atoms with Crippen LogP contribution >= 0.6 is 24.8 Å². The van der Waals surface area contributed by atoms with E-state index in [4.69, 9.17) is 4.74 Å². The van der Waals surface area contributed by atoms with E-state index in [1.165, 1.54) is 5.56 Å². The molecule has 5 nitrogen and oxygen atoms in total. The zero-order valence-electron chi connectivity index (χ0n) is 14.7. The van der Waals surface area contributed by atoms with Crippen molar-refractivity contribution >= 4 is 36.4 Å². The third-order valence-corrected chi connectivity index (χ3v) is 4.83. The Kier molecular flexibility index (Phi) is 9.75. The van der Waals surface area contributed by atoms with Gasteiger partial charge in [-0.05, 0) is 36.5 Å². The Morgan fingerprint density at radius 3 is 2.32 bits per heavy atom. The number of benzene rings is 1. The molecular formula is C18H29Cl2N3O2. The predicted octanol–water partition coefficient (Wildman–Crippen LogP) is 2.86. The van der Waals surface area contributed by atoms with Crippen LogP contribution in [0.3, 0.4) is 0 Å².